The molecule has 0 unspecified atom stereocenters. The van der Waals surface area contributed by atoms with Crippen LogP contribution in [0.1, 0.15) is 69.2 Å². The summed E-state index contributed by atoms with van der Waals surface area (Å²) in [7, 11) is 0. The second-order valence-corrected chi connectivity index (χ2v) is 10.9. The Morgan fingerprint density at radius 2 is 0.810 bits per heavy atom. The third-order valence-electron chi connectivity index (χ3n) is 6.01. The van der Waals surface area contributed by atoms with Gasteiger partial charge in [-0.3, -0.25) is 0 Å². The van der Waals surface area contributed by atoms with Gasteiger partial charge in [-0.25, -0.2) is 0 Å². The van der Waals surface area contributed by atoms with Crippen LogP contribution in [0.3, 0.4) is 0 Å². The quantitative estimate of drug-likeness (QED) is 0.449. The Kier molecular flexibility index (Phi) is 4.09. The average Bonchev–Trinajstić information content (AvgIpc) is 2.63. The fourth-order valence-electron chi connectivity index (χ4n) is 3.52. The van der Waals surface area contributed by atoms with Crippen molar-refractivity contribution in [2.75, 3.05) is 0 Å². The molecule has 0 amide bonds. The SMILES string of the molecule is CC1=C(C)C(C)(C)[C]([Os][C]2=C(C)C(C)=C(C)C2(C)C)=C1C. The normalized spacial score (nSPS) is 25.0. The van der Waals surface area contributed by atoms with Gasteiger partial charge < -0.3 is 0 Å². The first-order chi connectivity index (χ1) is 9.44. The van der Waals surface area contributed by atoms with Gasteiger partial charge >= 0.3 is 139 Å². The maximum atomic E-state index is 2.43. The van der Waals surface area contributed by atoms with Crippen molar-refractivity contribution in [2.45, 2.75) is 69.2 Å². The molecule has 0 nitrogen and oxygen atoms in total. The molecule has 0 aromatic carbocycles. The third kappa shape index (κ3) is 2.28. The van der Waals surface area contributed by atoms with E-state index >= 15 is 0 Å². The summed E-state index contributed by atoms with van der Waals surface area (Å²) >= 11 is -0.390. The Morgan fingerprint density at radius 3 is 1.00 bits per heavy atom. The first kappa shape index (κ1) is 17.0. The Bertz CT molecular complexity index is 575. The van der Waals surface area contributed by atoms with E-state index in [2.05, 4.69) is 69.2 Å². The van der Waals surface area contributed by atoms with Crippen LogP contribution in [0.5, 0.6) is 0 Å². The summed E-state index contributed by atoms with van der Waals surface area (Å²) < 4.78 is 3.53. The van der Waals surface area contributed by atoms with Crippen LogP contribution in [0.25, 0.3) is 0 Å². The Balaban J connectivity index is 2.47. The zero-order valence-corrected chi connectivity index (χ0v) is 17.9. The van der Waals surface area contributed by atoms with Gasteiger partial charge in [0.2, 0.25) is 0 Å². The number of allylic oxidation sites excluding steroid dienone is 8. The van der Waals surface area contributed by atoms with Crippen molar-refractivity contribution in [1.29, 1.82) is 0 Å². The number of hydrogen-bond acceptors (Lipinski definition) is 0. The minimum absolute atomic E-state index is 0.272. The molecule has 2 aliphatic rings. The molecule has 1 heteroatoms. The molecule has 2 rings (SSSR count). The van der Waals surface area contributed by atoms with Crippen LogP contribution in [0, 0.1) is 10.8 Å². The summed E-state index contributed by atoms with van der Waals surface area (Å²) in [4.78, 5) is 0. The zero-order valence-electron chi connectivity index (χ0n) is 15.4. The molecule has 0 bridgehead atoms. The second-order valence-electron chi connectivity index (χ2n) is 7.69. The van der Waals surface area contributed by atoms with Crippen LogP contribution >= 0.6 is 0 Å². The third-order valence-corrected chi connectivity index (χ3v) is 12.4. The molecule has 0 radical (unpaired) electrons. The van der Waals surface area contributed by atoms with Gasteiger partial charge in [0.05, 0.1) is 0 Å². The zero-order chi connectivity index (χ0) is 16.3. The Morgan fingerprint density at radius 1 is 0.524 bits per heavy atom. The summed E-state index contributed by atoms with van der Waals surface area (Å²) in [5, 5.41) is 0. The van der Waals surface area contributed by atoms with E-state index in [1.807, 2.05) is 0 Å². The molecule has 21 heavy (non-hydrogen) atoms. The van der Waals surface area contributed by atoms with Crippen molar-refractivity contribution in [3.05, 3.63) is 41.7 Å². The first-order valence-electron chi connectivity index (χ1n) is 7.85. The van der Waals surface area contributed by atoms with Gasteiger partial charge in [0.15, 0.2) is 0 Å². The monoisotopic (exact) mass is 462 g/mol. The van der Waals surface area contributed by atoms with Crippen LogP contribution in [-0.2, 0) is 17.4 Å². The summed E-state index contributed by atoms with van der Waals surface area (Å²) in [5.74, 6) is 0. The fourth-order valence-corrected chi connectivity index (χ4v) is 8.60. The molecule has 0 saturated carbocycles. The van der Waals surface area contributed by atoms with Gasteiger partial charge in [-0.2, -0.15) is 0 Å². The van der Waals surface area contributed by atoms with Crippen molar-refractivity contribution in [2.24, 2.45) is 10.8 Å². The number of hydrogen-bond donors (Lipinski definition) is 0. The van der Waals surface area contributed by atoms with E-state index in [0.717, 1.165) is 0 Å². The predicted octanol–water partition coefficient (Wildman–Crippen LogP) is 6.37. The summed E-state index contributed by atoms with van der Waals surface area (Å²) in [6, 6.07) is 0. The molecule has 0 fully saturated rings. The van der Waals surface area contributed by atoms with Gasteiger partial charge in [-0.05, 0) is 0 Å². The molecule has 0 heterocycles. The van der Waals surface area contributed by atoms with Gasteiger partial charge in [0.25, 0.3) is 0 Å². The summed E-state index contributed by atoms with van der Waals surface area (Å²) in [5.41, 5.74) is 9.96. The molecule has 0 spiro atoms. The Hall–Kier alpha value is -0.404. The number of rotatable bonds is 2. The summed E-state index contributed by atoms with van der Waals surface area (Å²) in [6.07, 6.45) is 0. The topological polar surface area (TPSA) is 0 Å². The van der Waals surface area contributed by atoms with E-state index in [1.165, 1.54) is 11.1 Å². The van der Waals surface area contributed by atoms with Gasteiger partial charge in [-0.15, -0.1) is 0 Å². The van der Waals surface area contributed by atoms with Crippen LogP contribution < -0.4 is 0 Å². The first-order valence-corrected chi connectivity index (χ1v) is 10.4. The molecule has 0 aliphatic heterocycles. The van der Waals surface area contributed by atoms with Crippen LogP contribution in [0.4, 0.5) is 0 Å². The van der Waals surface area contributed by atoms with Crippen LogP contribution in [0.15, 0.2) is 41.7 Å². The molecule has 2 aliphatic carbocycles. The van der Waals surface area contributed by atoms with Crippen molar-refractivity contribution < 1.29 is 17.4 Å². The van der Waals surface area contributed by atoms with E-state index in [0.29, 0.717) is 0 Å². The molecular formula is C20H30Os. The van der Waals surface area contributed by atoms with Gasteiger partial charge in [-0.1, -0.05) is 0 Å². The van der Waals surface area contributed by atoms with E-state index < -0.39 is 17.4 Å². The van der Waals surface area contributed by atoms with E-state index in [-0.39, 0.29) is 10.8 Å². The van der Waals surface area contributed by atoms with Crippen LogP contribution in [0.2, 0.25) is 0 Å². The average molecular weight is 461 g/mol. The van der Waals surface area contributed by atoms with Crippen molar-refractivity contribution in [1.82, 2.24) is 0 Å². The molecule has 0 atom stereocenters. The standard InChI is InChI=1S/2C10H15.Os/c2*1-7-6-10(4,5)9(3)8(7)2;/h2*1-5H3;. The van der Waals surface area contributed by atoms with E-state index in [9.17, 15) is 0 Å². The minimum atomic E-state index is -0.390. The molecule has 0 aromatic heterocycles. The summed E-state index contributed by atoms with van der Waals surface area (Å²) in [6.45, 7) is 23.7. The van der Waals surface area contributed by atoms with Crippen molar-refractivity contribution in [3.63, 3.8) is 0 Å². The molecule has 0 saturated heterocycles. The fraction of sp³-hybridized carbons (Fsp3) is 0.600. The van der Waals surface area contributed by atoms with E-state index in [1.54, 1.807) is 30.5 Å². The van der Waals surface area contributed by atoms with E-state index in [4.69, 9.17) is 0 Å². The van der Waals surface area contributed by atoms with Gasteiger partial charge in [0, 0.05) is 0 Å². The van der Waals surface area contributed by atoms with Crippen LogP contribution in [-0.4, -0.2) is 0 Å². The molecular weight excluding hydrogens is 430 g/mol. The Labute approximate surface area is 139 Å². The van der Waals surface area contributed by atoms with Crippen molar-refractivity contribution >= 4 is 0 Å². The van der Waals surface area contributed by atoms with Crippen molar-refractivity contribution in [3.8, 4) is 0 Å². The maximum absolute atomic E-state index is 2.43. The predicted molar refractivity (Wildman–Crippen MR) is 89.7 cm³/mol. The van der Waals surface area contributed by atoms with Gasteiger partial charge in [0.1, 0.15) is 0 Å². The molecule has 0 N–H and O–H groups in total. The molecule has 118 valence electrons. The second kappa shape index (κ2) is 5.06. The molecule has 0 aromatic rings.